The Morgan fingerprint density at radius 3 is 2.90 bits per heavy atom. The van der Waals surface area contributed by atoms with Crippen LogP contribution in [0.15, 0.2) is 24.3 Å². The van der Waals surface area contributed by atoms with Crippen molar-refractivity contribution in [3.05, 3.63) is 35.4 Å². The molecule has 0 aliphatic carbocycles. The maximum Gasteiger partial charge on any atom is 0.253 e. The number of rotatable bonds is 6. The Labute approximate surface area is 127 Å². The van der Waals surface area contributed by atoms with Gasteiger partial charge in [-0.3, -0.25) is 4.79 Å². The fourth-order valence-corrected chi connectivity index (χ4v) is 2.78. The first-order valence-corrected chi connectivity index (χ1v) is 7.77. The summed E-state index contributed by atoms with van der Waals surface area (Å²) >= 11 is 0. The highest BCUT2D eigenvalue weighted by Crippen LogP contribution is 2.18. The number of carbonyl (C=O) groups is 1. The number of benzene rings is 1. The monoisotopic (exact) mass is 290 g/mol. The summed E-state index contributed by atoms with van der Waals surface area (Å²) in [4.78, 5) is 13.6. The topological polar surface area (TPSA) is 41.6 Å². The van der Waals surface area contributed by atoms with Crippen molar-refractivity contribution in [3.63, 3.8) is 0 Å². The molecular weight excluding hydrogens is 264 g/mol. The Morgan fingerprint density at radius 2 is 2.29 bits per heavy atom. The summed E-state index contributed by atoms with van der Waals surface area (Å²) in [7, 11) is 3.55. The molecule has 0 saturated carbocycles. The standard InChI is InChI=1S/C17H26N2O2/c1-4-15(16-9-6-10-21-16)18-12-13-7-5-8-14(11-13)17(20)19(2)3/h5,7-8,11,15-16,18H,4,6,9-10,12H2,1-3H3/t15-,16+/m1/s1. The number of ether oxygens (including phenoxy) is 1. The summed E-state index contributed by atoms with van der Waals surface area (Å²) in [5.41, 5.74) is 1.88. The second-order valence-corrected chi connectivity index (χ2v) is 5.85. The van der Waals surface area contributed by atoms with Crippen LogP contribution in [0.1, 0.15) is 42.1 Å². The van der Waals surface area contributed by atoms with Gasteiger partial charge in [0.1, 0.15) is 0 Å². The van der Waals surface area contributed by atoms with Crippen molar-refractivity contribution in [2.75, 3.05) is 20.7 Å². The highest BCUT2D eigenvalue weighted by molar-refractivity contribution is 5.94. The minimum Gasteiger partial charge on any atom is -0.377 e. The van der Waals surface area contributed by atoms with Crippen molar-refractivity contribution in [2.24, 2.45) is 0 Å². The first kappa shape index (κ1) is 16.0. The zero-order valence-electron chi connectivity index (χ0n) is 13.3. The van der Waals surface area contributed by atoms with Crippen LogP contribution < -0.4 is 5.32 Å². The van der Waals surface area contributed by atoms with Crippen LogP contribution >= 0.6 is 0 Å². The number of hydrogen-bond donors (Lipinski definition) is 1. The molecule has 0 unspecified atom stereocenters. The van der Waals surface area contributed by atoms with Crippen LogP contribution in [0.5, 0.6) is 0 Å². The van der Waals surface area contributed by atoms with Gasteiger partial charge in [0.2, 0.25) is 0 Å². The quantitative estimate of drug-likeness (QED) is 0.875. The third-order valence-electron chi connectivity index (χ3n) is 4.00. The molecule has 0 radical (unpaired) electrons. The largest absolute Gasteiger partial charge is 0.377 e. The van der Waals surface area contributed by atoms with Gasteiger partial charge in [0.25, 0.3) is 5.91 Å². The summed E-state index contributed by atoms with van der Waals surface area (Å²) in [5.74, 6) is 0.0445. The number of carbonyl (C=O) groups excluding carboxylic acids is 1. The average molecular weight is 290 g/mol. The molecule has 0 bridgehead atoms. The summed E-state index contributed by atoms with van der Waals surface area (Å²) in [5, 5.41) is 3.57. The van der Waals surface area contributed by atoms with Crippen LogP contribution in [-0.4, -0.2) is 43.7 Å². The molecule has 1 heterocycles. The molecule has 2 atom stereocenters. The number of nitrogens with zero attached hydrogens (tertiary/aromatic N) is 1. The molecule has 4 nitrogen and oxygen atoms in total. The third-order valence-corrected chi connectivity index (χ3v) is 4.00. The van der Waals surface area contributed by atoms with E-state index < -0.39 is 0 Å². The average Bonchev–Trinajstić information content (AvgIpc) is 3.01. The molecule has 1 aromatic carbocycles. The normalized spacial score (nSPS) is 19.5. The Hall–Kier alpha value is -1.39. The molecule has 116 valence electrons. The Balaban J connectivity index is 1.96. The minimum atomic E-state index is 0.0445. The van der Waals surface area contributed by atoms with Crippen molar-refractivity contribution in [1.82, 2.24) is 10.2 Å². The van der Waals surface area contributed by atoms with Crippen LogP contribution in [0.25, 0.3) is 0 Å². The number of amides is 1. The molecule has 1 aromatic rings. The van der Waals surface area contributed by atoms with Crippen LogP contribution in [0.2, 0.25) is 0 Å². The van der Waals surface area contributed by atoms with E-state index in [1.165, 1.54) is 0 Å². The van der Waals surface area contributed by atoms with Crippen LogP contribution in [0.3, 0.4) is 0 Å². The van der Waals surface area contributed by atoms with Crippen LogP contribution in [0.4, 0.5) is 0 Å². The van der Waals surface area contributed by atoms with E-state index in [-0.39, 0.29) is 5.91 Å². The molecule has 1 aliphatic heterocycles. The smallest absolute Gasteiger partial charge is 0.253 e. The van der Waals surface area contributed by atoms with Gasteiger partial charge in [0.15, 0.2) is 0 Å². The molecule has 1 amide bonds. The predicted molar refractivity (Wildman–Crippen MR) is 84.4 cm³/mol. The van der Waals surface area contributed by atoms with Gasteiger partial charge in [-0.2, -0.15) is 0 Å². The van der Waals surface area contributed by atoms with Gasteiger partial charge in [-0.25, -0.2) is 0 Å². The Morgan fingerprint density at radius 1 is 1.48 bits per heavy atom. The molecule has 0 spiro atoms. The Bertz CT molecular complexity index is 468. The lowest BCUT2D eigenvalue weighted by Gasteiger charge is -2.23. The van der Waals surface area contributed by atoms with E-state index in [1.54, 1.807) is 19.0 Å². The van der Waals surface area contributed by atoms with E-state index in [0.717, 1.165) is 43.5 Å². The van der Waals surface area contributed by atoms with Gasteiger partial charge >= 0.3 is 0 Å². The second-order valence-electron chi connectivity index (χ2n) is 5.85. The van der Waals surface area contributed by atoms with E-state index in [1.807, 2.05) is 18.2 Å². The van der Waals surface area contributed by atoms with E-state index in [9.17, 15) is 4.79 Å². The molecule has 0 aromatic heterocycles. The highest BCUT2D eigenvalue weighted by Gasteiger charge is 2.24. The maximum absolute atomic E-state index is 12.0. The fourth-order valence-electron chi connectivity index (χ4n) is 2.78. The van der Waals surface area contributed by atoms with Gasteiger partial charge in [0, 0.05) is 38.9 Å². The van der Waals surface area contributed by atoms with Crippen molar-refractivity contribution >= 4 is 5.91 Å². The van der Waals surface area contributed by atoms with Gasteiger partial charge in [0.05, 0.1) is 6.10 Å². The van der Waals surface area contributed by atoms with Crippen molar-refractivity contribution in [1.29, 1.82) is 0 Å². The van der Waals surface area contributed by atoms with Gasteiger partial charge < -0.3 is 15.0 Å². The molecular formula is C17H26N2O2. The van der Waals surface area contributed by atoms with E-state index in [2.05, 4.69) is 18.3 Å². The van der Waals surface area contributed by atoms with Crippen molar-refractivity contribution in [2.45, 2.75) is 44.9 Å². The molecule has 2 rings (SSSR count). The maximum atomic E-state index is 12.0. The van der Waals surface area contributed by atoms with Gasteiger partial charge in [-0.05, 0) is 37.0 Å². The predicted octanol–water partition coefficient (Wildman–Crippen LogP) is 2.44. The van der Waals surface area contributed by atoms with E-state index >= 15 is 0 Å². The number of nitrogens with one attached hydrogen (secondary N) is 1. The van der Waals surface area contributed by atoms with Crippen LogP contribution in [0, 0.1) is 0 Å². The zero-order chi connectivity index (χ0) is 15.2. The van der Waals surface area contributed by atoms with Crippen LogP contribution in [-0.2, 0) is 11.3 Å². The molecule has 1 N–H and O–H groups in total. The van der Waals surface area contributed by atoms with Gasteiger partial charge in [-0.15, -0.1) is 0 Å². The van der Waals surface area contributed by atoms with E-state index in [4.69, 9.17) is 4.74 Å². The lowest BCUT2D eigenvalue weighted by molar-refractivity contribution is 0.0764. The lowest BCUT2D eigenvalue weighted by Crippen LogP contribution is -2.38. The lowest BCUT2D eigenvalue weighted by atomic mass is 10.0. The second kappa shape index (κ2) is 7.57. The van der Waals surface area contributed by atoms with Crippen molar-refractivity contribution in [3.8, 4) is 0 Å². The first-order chi connectivity index (χ1) is 10.1. The number of hydrogen-bond acceptors (Lipinski definition) is 3. The molecule has 1 fully saturated rings. The summed E-state index contributed by atoms with van der Waals surface area (Å²) < 4.78 is 5.76. The molecule has 1 aliphatic rings. The Kier molecular flexibility index (Phi) is 5.76. The minimum absolute atomic E-state index is 0.0445. The van der Waals surface area contributed by atoms with Gasteiger partial charge in [-0.1, -0.05) is 19.1 Å². The van der Waals surface area contributed by atoms with E-state index in [0.29, 0.717) is 12.1 Å². The SMILES string of the molecule is CC[C@@H](NCc1cccc(C(=O)N(C)C)c1)[C@@H]1CCCO1. The van der Waals surface area contributed by atoms with Crippen molar-refractivity contribution < 1.29 is 9.53 Å². The molecule has 1 saturated heterocycles. The first-order valence-electron chi connectivity index (χ1n) is 7.77. The summed E-state index contributed by atoms with van der Waals surface area (Å²) in [6.45, 7) is 3.84. The fraction of sp³-hybridized carbons (Fsp3) is 0.588. The molecule has 4 heteroatoms. The zero-order valence-corrected chi connectivity index (χ0v) is 13.3. The third kappa shape index (κ3) is 4.29. The summed E-state index contributed by atoms with van der Waals surface area (Å²) in [6.07, 6.45) is 3.70. The summed E-state index contributed by atoms with van der Waals surface area (Å²) in [6, 6.07) is 8.23. The highest BCUT2D eigenvalue weighted by atomic mass is 16.5. The molecule has 21 heavy (non-hydrogen) atoms.